The number of aliphatic hydroxyl groups is 1. The first kappa shape index (κ1) is 19.7. The third-order valence-corrected chi connectivity index (χ3v) is 5.64. The predicted octanol–water partition coefficient (Wildman–Crippen LogP) is 4.78. The number of nitrogens with zero attached hydrogens (tertiary/aromatic N) is 2. The number of alkyl halides is 1. The third kappa shape index (κ3) is 3.82. The summed E-state index contributed by atoms with van der Waals surface area (Å²) in [5.74, 6) is -0.476. The maximum absolute atomic E-state index is 13.0. The fourth-order valence-electron chi connectivity index (χ4n) is 3.33. The normalized spacial score (nSPS) is 18.7. The van der Waals surface area contributed by atoms with E-state index in [0.29, 0.717) is 16.5 Å². The Labute approximate surface area is 172 Å². The van der Waals surface area contributed by atoms with Crippen LogP contribution in [0.1, 0.15) is 31.5 Å². The van der Waals surface area contributed by atoms with E-state index in [1.165, 1.54) is 0 Å². The van der Waals surface area contributed by atoms with Crippen LogP contribution in [0.5, 0.6) is 0 Å². The number of rotatable bonds is 4. The van der Waals surface area contributed by atoms with Crippen LogP contribution >= 0.6 is 11.6 Å². The lowest BCUT2D eigenvalue weighted by molar-refractivity contribution is -0.117. The molecule has 4 rings (SSSR count). The lowest BCUT2D eigenvalue weighted by atomic mass is 9.96. The second-order valence-corrected chi connectivity index (χ2v) is 8.38. The number of nitrogens with one attached hydrogen (secondary N) is 1. The number of halogens is 2. The second kappa shape index (κ2) is 7.04. The van der Waals surface area contributed by atoms with Gasteiger partial charge in [-0.3, -0.25) is 9.78 Å². The largest absolute Gasteiger partial charge is 0.384 e. The standard InChI is InChI=1S/C22H21ClFN3O2/c1-11-16(10-26-20(19(11)23)22(2,3)29)13-5-4-12-7-18(25-9-14(12)6-13)27-21(28)15-8-17(15)24/h4-7,9-10,15,17,29H,8H2,1-3H3,(H,25,27,28). The summed E-state index contributed by atoms with van der Waals surface area (Å²) in [5.41, 5.74) is 1.93. The molecule has 0 bridgehead atoms. The highest BCUT2D eigenvalue weighted by atomic mass is 35.5. The van der Waals surface area contributed by atoms with Crippen LogP contribution in [0.25, 0.3) is 21.9 Å². The van der Waals surface area contributed by atoms with Gasteiger partial charge in [-0.2, -0.15) is 0 Å². The fraction of sp³-hybridized carbons (Fsp3) is 0.318. The molecule has 3 aromatic rings. The molecule has 7 heteroatoms. The van der Waals surface area contributed by atoms with Crippen molar-refractivity contribution in [1.29, 1.82) is 0 Å². The van der Waals surface area contributed by atoms with Gasteiger partial charge >= 0.3 is 0 Å². The SMILES string of the molecule is Cc1c(-c2ccc3cc(NC(=O)C4CC4F)ncc3c2)cnc(C(C)(C)O)c1Cl. The molecule has 150 valence electrons. The van der Waals surface area contributed by atoms with E-state index >= 15 is 0 Å². The molecular weight excluding hydrogens is 393 g/mol. The molecule has 1 aliphatic rings. The van der Waals surface area contributed by atoms with Crippen LogP contribution in [-0.2, 0) is 10.4 Å². The molecule has 1 saturated carbocycles. The molecule has 2 N–H and O–H groups in total. The Morgan fingerprint density at radius 3 is 2.62 bits per heavy atom. The number of hydrogen-bond acceptors (Lipinski definition) is 4. The average molecular weight is 414 g/mol. The molecule has 29 heavy (non-hydrogen) atoms. The number of benzene rings is 1. The van der Waals surface area contributed by atoms with Crippen LogP contribution in [0.2, 0.25) is 5.02 Å². The van der Waals surface area contributed by atoms with Gasteiger partial charge in [-0.05, 0) is 55.8 Å². The summed E-state index contributed by atoms with van der Waals surface area (Å²) in [5, 5.41) is 15.1. The number of aromatic nitrogens is 2. The fourth-order valence-corrected chi connectivity index (χ4v) is 3.71. The van der Waals surface area contributed by atoms with Crippen molar-refractivity contribution in [3.05, 3.63) is 52.9 Å². The Balaban J connectivity index is 1.65. The smallest absolute Gasteiger partial charge is 0.231 e. The van der Waals surface area contributed by atoms with Gasteiger partial charge in [0.1, 0.15) is 17.6 Å². The van der Waals surface area contributed by atoms with Gasteiger partial charge in [-0.1, -0.05) is 23.7 Å². The molecule has 2 atom stereocenters. The van der Waals surface area contributed by atoms with E-state index < -0.39 is 17.7 Å². The molecule has 1 aliphatic carbocycles. The van der Waals surface area contributed by atoms with Crippen LogP contribution < -0.4 is 5.32 Å². The Morgan fingerprint density at radius 2 is 1.97 bits per heavy atom. The number of fused-ring (bicyclic) bond motifs is 1. The molecule has 1 amide bonds. The van der Waals surface area contributed by atoms with Crippen molar-refractivity contribution in [2.45, 2.75) is 39.0 Å². The number of carbonyl (C=O) groups is 1. The van der Waals surface area contributed by atoms with E-state index in [4.69, 9.17) is 11.6 Å². The number of amides is 1. The van der Waals surface area contributed by atoms with Crippen LogP contribution in [0.3, 0.4) is 0 Å². The van der Waals surface area contributed by atoms with E-state index in [-0.39, 0.29) is 12.3 Å². The molecule has 0 radical (unpaired) electrons. The van der Waals surface area contributed by atoms with Crippen LogP contribution in [0.4, 0.5) is 10.2 Å². The zero-order chi connectivity index (χ0) is 20.9. The van der Waals surface area contributed by atoms with Crippen LogP contribution in [-0.4, -0.2) is 27.2 Å². The van der Waals surface area contributed by atoms with Crippen molar-refractivity contribution in [1.82, 2.24) is 9.97 Å². The Morgan fingerprint density at radius 1 is 1.24 bits per heavy atom. The molecule has 0 saturated heterocycles. The molecule has 0 spiro atoms. The van der Waals surface area contributed by atoms with Gasteiger partial charge in [0, 0.05) is 23.3 Å². The Hall–Kier alpha value is -2.57. The van der Waals surface area contributed by atoms with Crippen LogP contribution in [0, 0.1) is 12.8 Å². The lowest BCUT2D eigenvalue weighted by Gasteiger charge is -2.20. The van der Waals surface area contributed by atoms with E-state index in [2.05, 4.69) is 15.3 Å². The first-order chi connectivity index (χ1) is 13.6. The number of hydrogen-bond donors (Lipinski definition) is 2. The monoisotopic (exact) mass is 413 g/mol. The molecular formula is C22H21ClFN3O2. The van der Waals surface area contributed by atoms with Crippen molar-refractivity contribution in [2.75, 3.05) is 5.32 Å². The van der Waals surface area contributed by atoms with E-state index in [0.717, 1.165) is 27.5 Å². The lowest BCUT2D eigenvalue weighted by Crippen LogP contribution is -2.18. The van der Waals surface area contributed by atoms with Gasteiger partial charge in [-0.25, -0.2) is 9.37 Å². The first-order valence-electron chi connectivity index (χ1n) is 9.38. The summed E-state index contributed by atoms with van der Waals surface area (Å²) in [6.45, 7) is 5.19. The van der Waals surface area contributed by atoms with E-state index in [9.17, 15) is 14.3 Å². The summed E-state index contributed by atoms with van der Waals surface area (Å²) in [7, 11) is 0. The third-order valence-electron chi connectivity index (χ3n) is 5.18. The topological polar surface area (TPSA) is 75.1 Å². The molecule has 2 heterocycles. The Kier molecular flexibility index (Phi) is 4.79. The summed E-state index contributed by atoms with van der Waals surface area (Å²) >= 11 is 6.46. The maximum Gasteiger partial charge on any atom is 0.231 e. The quantitative estimate of drug-likeness (QED) is 0.645. The number of anilines is 1. The van der Waals surface area contributed by atoms with Gasteiger partial charge in [-0.15, -0.1) is 0 Å². The van der Waals surface area contributed by atoms with Crippen molar-refractivity contribution in [3.63, 3.8) is 0 Å². The number of carbonyl (C=O) groups excluding carboxylic acids is 1. The van der Waals surface area contributed by atoms with Crippen molar-refractivity contribution in [3.8, 4) is 11.1 Å². The van der Waals surface area contributed by atoms with Crippen molar-refractivity contribution >= 4 is 34.1 Å². The highest BCUT2D eigenvalue weighted by Gasteiger charge is 2.43. The molecule has 5 nitrogen and oxygen atoms in total. The van der Waals surface area contributed by atoms with Crippen molar-refractivity contribution in [2.24, 2.45) is 5.92 Å². The van der Waals surface area contributed by atoms with Crippen molar-refractivity contribution < 1.29 is 14.3 Å². The molecule has 1 fully saturated rings. The van der Waals surface area contributed by atoms with E-state index in [1.54, 1.807) is 32.3 Å². The molecule has 1 aromatic carbocycles. The second-order valence-electron chi connectivity index (χ2n) is 8.00. The predicted molar refractivity (Wildman–Crippen MR) is 112 cm³/mol. The minimum atomic E-state index is -1.13. The summed E-state index contributed by atoms with van der Waals surface area (Å²) in [4.78, 5) is 20.5. The highest BCUT2D eigenvalue weighted by Crippen LogP contribution is 2.36. The zero-order valence-electron chi connectivity index (χ0n) is 16.3. The van der Waals surface area contributed by atoms with Crippen LogP contribution in [0.15, 0.2) is 36.7 Å². The van der Waals surface area contributed by atoms with Gasteiger partial charge in [0.2, 0.25) is 5.91 Å². The van der Waals surface area contributed by atoms with Gasteiger partial charge in [0.05, 0.1) is 16.6 Å². The maximum atomic E-state index is 13.0. The van der Waals surface area contributed by atoms with Gasteiger partial charge in [0.15, 0.2) is 0 Å². The van der Waals surface area contributed by atoms with Gasteiger partial charge in [0.25, 0.3) is 0 Å². The zero-order valence-corrected chi connectivity index (χ0v) is 17.1. The average Bonchev–Trinajstić information content (AvgIpc) is 3.39. The Bertz CT molecular complexity index is 1130. The number of pyridine rings is 2. The minimum Gasteiger partial charge on any atom is -0.384 e. The summed E-state index contributed by atoms with van der Waals surface area (Å²) in [6.07, 6.45) is 2.62. The summed E-state index contributed by atoms with van der Waals surface area (Å²) in [6, 6.07) is 7.60. The highest BCUT2D eigenvalue weighted by molar-refractivity contribution is 6.32. The molecule has 2 aromatic heterocycles. The van der Waals surface area contributed by atoms with Gasteiger partial charge < -0.3 is 10.4 Å². The first-order valence-corrected chi connectivity index (χ1v) is 9.76. The molecule has 0 aliphatic heterocycles. The minimum absolute atomic E-state index is 0.283. The summed E-state index contributed by atoms with van der Waals surface area (Å²) < 4.78 is 13.0. The molecule has 2 unspecified atom stereocenters. The van der Waals surface area contributed by atoms with E-state index in [1.807, 2.05) is 25.1 Å².